The summed E-state index contributed by atoms with van der Waals surface area (Å²) in [5.41, 5.74) is 1.89. The smallest absolute Gasteiger partial charge is 0.131 e. The maximum absolute atomic E-state index is 13.3. The Hall–Kier alpha value is -0.410. The van der Waals surface area contributed by atoms with Crippen LogP contribution in [0.2, 0.25) is 0 Å². The first-order chi connectivity index (χ1) is 5.70. The van der Waals surface area contributed by atoms with Crippen LogP contribution in [0.5, 0.6) is 0 Å². The number of aliphatic hydroxyl groups is 1. The molecule has 66 valence electrons. The third-order valence-electron chi connectivity index (χ3n) is 1.89. The van der Waals surface area contributed by atoms with Gasteiger partial charge in [0.15, 0.2) is 0 Å². The zero-order valence-electron chi connectivity index (χ0n) is 6.77. The molecule has 1 nitrogen and oxygen atoms in total. The number of alkyl halides is 1. The molecular formula is C9H10BrFO. The maximum atomic E-state index is 13.3. The van der Waals surface area contributed by atoms with Gasteiger partial charge in [0.05, 0.1) is 6.61 Å². The third kappa shape index (κ3) is 1.67. The van der Waals surface area contributed by atoms with E-state index in [2.05, 4.69) is 15.9 Å². The summed E-state index contributed by atoms with van der Waals surface area (Å²) in [5.74, 6) is -0.297. The minimum Gasteiger partial charge on any atom is -0.392 e. The molecule has 0 aliphatic rings. The van der Waals surface area contributed by atoms with Gasteiger partial charge in [0.25, 0.3) is 0 Å². The van der Waals surface area contributed by atoms with Crippen molar-refractivity contribution in [3.05, 3.63) is 34.6 Å². The number of hydrogen-bond acceptors (Lipinski definition) is 1. The second kappa shape index (κ2) is 4.01. The normalized spacial score (nSPS) is 10.3. The van der Waals surface area contributed by atoms with Crippen LogP contribution in [0.4, 0.5) is 4.39 Å². The van der Waals surface area contributed by atoms with Gasteiger partial charge >= 0.3 is 0 Å². The van der Waals surface area contributed by atoms with Crippen molar-refractivity contribution in [2.24, 2.45) is 0 Å². The van der Waals surface area contributed by atoms with Gasteiger partial charge in [-0.25, -0.2) is 4.39 Å². The van der Waals surface area contributed by atoms with Crippen LogP contribution in [0.1, 0.15) is 16.7 Å². The molecule has 1 aromatic rings. The molecule has 0 saturated carbocycles. The summed E-state index contributed by atoms with van der Waals surface area (Å²) >= 11 is 3.26. The minimum absolute atomic E-state index is 0.241. The van der Waals surface area contributed by atoms with Gasteiger partial charge in [-0.2, -0.15) is 0 Å². The molecule has 1 rings (SSSR count). The summed E-state index contributed by atoms with van der Waals surface area (Å²) in [6.45, 7) is 1.47. The molecule has 3 heteroatoms. The lowest BCUT2D eigenvalue weighted by Gasteiger charge is -2.06. The molecule has 1 N–H and O–H groups in total. The Labute approximate surface area is 79.4 Å². The Morgan fingerprint density at radius 3 is 2.50 bits per heavy atom. The first kappa shape index (κ1) is 9.68. The summed E-state index contributed by atoms with van der Waals surface area (Å²) < 4.78 is 13.3. The number of benzene rings is 1. The van der Waals surface area contributed by atoms with Gasteiger partial charge in [-0.05, 0) is 18.1 Å². The van der Waals surface area contributed by atoms with Gasteiger partial charge in [-0.3, -0.25) is 0 Å². The first-order valence-electron chi connectivity index (χ1n) is 3.64. The molecule has 0 unspecified atom stereocenters. The maximum Gasteiger partial charge on any atom is 0.131 e. The minimum atomic E-state index is -0.297. The van der Waals surface area contributed by atoms with E-state index < -0.39 is 0 Å². The number of aliphatic hydroxyl groups excluding tert-OH is 1. The Morgan fingerprint density at radius 1 is 1.42 bits per heavy atom. The molecule has 0 spiro atoms. The molecular weight excluding hydrogens is 223 g/mol. The third-order valence-corrected chi connectivity index (χ3v) is 2.50. The van der Waals surface area contributed by atoms with Crippen LogP contribution in [0.15, 0.2) is 12.1 Å². The number of halogens is 2. The van der Waals surface area contributed by atoms with E-state index in [1.807, 2.05) is 6.07 Å². The van der Waals surface area contributed by atoms with E-state index in [9.17, 15) is 4.39 Å². The van der Waals surface area contributed by atoms with Gasteiger partial charge < -0.3 is 5.11 Å². The van der Waals surface area contributed by atoms with E-state index >= 15 is 0 Å². The van der Waals surface area contributed by atoms with Gasteiger partial charge in [-0.1, -0.05) is 28.1 Å². The molecule has 0 heterocycles. The van der Waals surface area contributed by atoms with Crippen molar-refractivity contribution in [1.29, 1.82) is 0 Å². The topological polar surface area (TPSA) is 20.2 Å². The average molecular weight is 233 g/mol. The van der Waals surface area contributed by atoms with Crippen molar-refractivity contribution >= 4 is 15.9 Å². The fourth-order valence-corrected chi connectivity index (χ4v) is 1.66. The predicted molar refractivity (Wildman–Crippen MR) is 49.7 cm³/mol. The molecule has 0 aliphatic heterocycles. The van der Waals surface area contributed by atoms with Crippen molar-refractivity contribution in [3.8, 4) is 0 Å². The van der Waals surface area contributed by atoms with E-state index in [0.29, 0.717) is 16.5 Å². The molecule has 12 heavy (non-hydrogen) atoms. The van der Waals surface area contributed by atoms with Gasteiger partial charge in [0.1, 0.15) is 5.82 Å². The monoisotopic (exact) mass is 232 g/mol. The van der Waals surface area contributed by atoms with Crippen LogP contribution in [0, 0.1) is 12.7 Å². The summed E-state index contributed by atoms with van der Waals surface area (Å²) in [4.78, 5) is 0. The highest BCUT2D eigenvalue weighted by Gasteiger charge is 2.07. The molecule has 1 aromatic carbocycles. The number of rotatable bonds is 2. The van der Waals surface area contributed by atoms with E-state index in [-0.39, 0.29) is 12.4 Å². The number of hydrogen-bond donors (Lipinski definition) is 1. The Kier molecular flexibility index (Phi) is 3.23. The molecule has 0 saturated heterocycles. The molecule has 0 amide bonds. The summed E-state index contributed by atoms with van der Waals surface area (Å²) in [6.07, 6.45) is 0. The van der Waals surface area contributed by atoms with Crippen LogP contribution >= 0.6 is 15.9 Å². The largest absolute Gasteiger partial charge is 0.392 e. The molecule has 0 bridgehead atoms. The van der Waals surface area contributed by atoms with E-state index in [0.717, 1.165) is 5.56 Å². The molecule has 0 aliphatic carbocycles. The van der Waals surface area contributed by atoms with Crippen molar-refractivity contribution in [2.45, 2.75) is 18.9 Å². The zero-order chi connectivity index (χ0) is 9.14. The summed E-state index contributed by atoms with van der Waals surface area (Å²) in [7, 11) is 0. The molecule has 0 aromatic heterocycles. The second-order valence-electron chi connectivity index (χ2n) is 2.61. The fraction of sp³-hybridized carbons (Fsp3) is 0.333. The molecule has 0 atom stereocenters. The Bertz CT molecular complexity index is 257. The summed E-state index contributed by atoms with van der Waals surface area (Å²) in [6, 6.07) is 3.43. The molecule has 0 radical (unpaired) electrons. The van der Waals surface area contributed by atoms with E-state index in [4.69, 9.17) is 5.11 Å². The van der Waals surface area contributed by atoms with Gasteiger partial charge in [0.2, 0.25) is 0 Å². The highest BCUT2D eigenvalue weighted by molar-refractivity contribution is 9.08. The van der Waals surface area contributed by atoms with E-state index in [1.165, 1.54) is 0 Å². The lowest BCUT2D eigenvalue weighted by atomic mass is 10.1. The zero-order valence-corrected chi connectivity index (χ0v) is 8.36. The standard InChI is InChI=1S/C9H10BrFO/c1-6-7(4-10)2-3-8(5-12)9(6)11/h2-3,12H,4-5H2,1H3. The van der Waals surface area contributed by atoms with Crippen molar-refractivity contribution in [2.75, 3.05) is 0 Å². The van der Waals surface area contributed by atoms with Crippen LogP contribution in [0.3, 0.4) is 0 Å². The molecule has 0 fully saturated rings. The fourth-order valence-electron chi connectivity index (χ4n) is 1.05. The van der Waals surface area contributed by atoms with Crippen molar-refractivity contribution in [3.63, 3.8) is 0 Å². The Morgan fingerprint density at radius 2 is 2.00 bits per heavy atom. The van der Waals surface area contributed by atoms with E-state index in [1.54, 1.807) is 13.0 Å². The summed E-state index contributed by atoms with van der Waals surface area (Å²) in [5, 5.41) is 9.40. The second-order valence-corrected chi connectivity index (χ2v) is 3.18. The lowest BCUT2D eigenvalue weighted by molar-refractivity contribution is 0.275. The van der Waals surface area contributed by atoms with Gasteiger partial charge in [-0.15, -0.1) is 0 Å². The Balaban J connectivity index is 3.20. The lowest BCUT2D eigenvalue weighted by Crippen LogP contribution is -1.96. The highest BCUT2D eigenvalue weighted by atomic mass is 79.9. The predicted octanol–water partition coefficient (Wildman–Crippen LogP) is 2.52. The SMILES string of the molecule is Cc1c(CBr)ccc(CO)c1F. The van der Waals surface area contributed by atoms with Crippen LogP contribution < -0.4 is 0 Å². The highest BCUT2D eigenvalue weighted by Crippen LogP contribution is 2.18. The van der Waals surface area contributed by atoms with Crippen molar-refractivity contribution in [1.82, 2.24) is 0 Å². The first-order valence-corrected chi connectivity index (χ1v) is 4.76. The quantitative estimate of drug-likeness (QED) is 0.778. The van der Waals surface area contributed by atoms with Crippen LogP contribution in [-0.2, 0) is 11.9 Å². The van der Waals surface area contributed by atoms with Crippen LogP contribution in [0.25, 0.3) is 0 Å². The van der Waals surface area contributed by atoms with Crippen molar-refractivity contribution < 1.29 is 9.50 Å². The van der Waals surface area contributed by atoms with Crippen LogP contribution in [-0.4, -0.2) is 5.11 Å². The average Bonchev–Trinajstić information content (AvgIpc) is 2.10. The van der Waals surface area contributed by atoms with Gasteiger partial charge in [0, 0.05) is 10.9 Å².